The number of thioether (sulfide) groups is 1. The Morgan fingerprint density at radius 2 is 2.35 bits per heavy atom. The zero-order valence-electron chi connectivity index (χ0n) is 9.72. The molecule has 94 valence electrons. The van der Waals surface area contributed by atoms with Crippen LogP contribution in [-0.2, 0) is 4.74 Å². The summed E-state index contributed by atoms with van der Waals surface area (Å²) in [7, 11) is 0. The molecule has 0 amide bonds. The molecular formula is C11H17N3O2S. The van der Waals surface area contributed by atoms with E-state index in [1.807, 2.05) is 11.8 Å². The highest BCUT2D eigenvalue weighted by atomic mass is 32.2. The fourth-order valence-corrected chi connectivity index (χ4v) is 3.41. The summed E-state index contributed by atoms with van der Waals surface area (Å²) >= 11 is 1.93. The van der Waals surface area contributed by atoms with Crippen LogP contribution in [0.25, 0.3) is 0 Å². The third-order valence-corrected chi connectivity index (χ3v) is 4.50. The molecule has 0 aliphatic carbocycles. The average Bonchev–Trinajstić information content (AvgIpc) is 2.90. The first-order chi connectivity index (χ1) is 8.43. The van der Waals surface area contributed by atoms with Gasteiger partial charge in [0.1, 0.15) is 6.10 Å². The van der Waals surface area contributed by atoms with E-state index in [2.05, 4.69) is 15.5 Å². The molecule has 17 heavy (non-hydrogen) atoms. The number of nitrogens with one attached hydrogen (secondary N) is 1. The lowest BCUT2D eigenvalue weighted by molar-refractivity contribution is 0.00755. The van der Waals surface area contributed by atoms with Crippen molar-refractivity contribution < 1.29 is 9.26 Å². The van der Waals surface area contributed by atoms with E-state index in [0.29, 0.717) is 17.7 Å². The van der Waals surface area contributed by atoms with Gasteiger partial charge in [-0.25, -0.2) is 0 Å². The third kappa shape index (κ3) is 2.64. The number of nitrogens with zero attached hydrogens (tertiary/aromatic N) is 2. The summed E-state index contributed by atoms with van der Waals surface area (Å²) in [6, 6.07) is 0. The maximum absolute atomic E-state index is 5.60. The van der Waals surface area contributed by atoms with E-state index in [9.17, 15) is 0 Å². The van der Waals surface area contributed by atoms with Crippen LogP contribution >= 0.6 is 11.8 Å². The lowest BCUT2D eigenvalue weighted by Gasteiger charge is -2.20. The van der Waals surface area contributed by atoms with Gasteiger partial charge >= 0.3 is 0 Å². The van der Waals surface area contributed by atoms with Crippen LogP contribution in [0.15, 0.2) is 4.52 Å². The molecule has 6 heteroatoms. The van der Waals surface area contributed by atoms with Gasteiger partial charge in [-0.2, -0.15) is 16.7 Å². The van der Waals surface area contributed by atoms with Gasteiger partial charge in [0.25, 0.3) is 5.89 Å². The van der Waals surface area contributed by atoms with Crippen LogP contribution in [0.3, 0.4) is 0 Å². The van der Waals surface area contributed by atoms with E-state index in [-0.39, 0.29) is 6.10 Å². The second-order valence-corrected chi connectivity index (χ2v) is 5.72. The zero-order valence-corrected chi connectivity index (χ0v) is 10.5. The smallest absolute Gasteiger partial charge is 0.257 e. The van der Waals surface area contributed by atoms with Crippen LogP contribution in [0.2, 0.25) is 0 Å². The Bertz CT molecular complexity index is 327. The summed E-state index contributed by atoms with van der Waals surface area (Å²) in [6.07, 6.45) is 3.66. The van der Waals surface area contributed by atoms with Gasteiger partial charge in [0.2, 0.25) is 0 Å². The summed E-state index contributed by atoms with van der Waals surface area (Å²) in [4.78, 5) is 4.49. The van der Waals surface area contributed by atoms with Crippen LogP contribution in [0.4, 0.5) is 0 Å². The Hall–Kier alpha value is -0.590. The topological polar surface area (TPSA) is 60.2 Å². The minimum Gasteiger partial charge on any atom is -0.366 e. The highest BCUT2D eigenvalue weighted by molar-refractivity contribution is 7.99. The SMILES string of the molecule is C1CCC(c2noc(C3CNCCO3)n2)SC1. The molecule has 1 aromatic heterocycles. The average molecular weight is 255 g/mol. The molecule has 2 unspecified atom stereocenters. The lowest BCUT2D eigenvalue weighted by Crippen LogP contribution is -2.33. The molecule has 2 aliphatic rings. The van der Waals surface area contributed by atoms with E-state index >= 15 is 0 Å². The number of ether oxygens (including phenoxy) is 1. The fourth-order valence-electron chi connectivity index (χ4n) is 2.18. The van der Waals surface area contributed by atoms with Crippen LogP contribution in [-0.4, -0.2) is 35.6 Å². The molecule has 0 radical (unpaired) electrons. The second kappa shape index (κ2) is 5.37. The van der Waals surface area contributed by atoms with Crippen molar-refractivity contribution in [1.29, 1.82) is 0 Å². The first kappa shape index (κ1) is 11.5. The molecule has 3 rings (SSSR count). The Morgan fingerprint density at radius 1 is 1.35 bits per heavy atom. The quantitative estimate of drug-likeness (QED) is 0.867. The molecule has 0 saturated carbocycles. The summed E-state index contributed by atoms with van der Waals surface area (Å²) in [6.45, 7) is 2.37. The summed E-state index contributed by atoms with van der Waals surface area (Å²) in [5.41, 5.74) is 0. The van der Waals surface area contributed by atoms with Crippen molar-refractivity contribution in [1.82, 2.24) is 15.5 Å². The van der Waals surface area contributed by atoms with Gasteiger partial charge in [0.15, 0.2) is 5.82 Å². The molecule has 2 atom stereocenters. The Kier molecular flexibility index (Phi) is 3.63. The lowest BCUT2D eigenvalue weighted by atomic mass is 10.2. The van der Waals surface area contributed by atoms with Gasteiger partial charge in [-0.1, -0.05) is 11.6 Å². The zero-order chi connectivity index (χ0) is 11.5. The van der Waals surface area contributed by atoms with Crippen LogP contribution in [0, 0.1) is 0 Å². The van der Waals surface area contributed by atoms with Crippen molar-refractivity contribution in [2.75, 3.05) is 25.4 Å². The Morgan fingerprint density at radius 3 is 3.12 bits per heavy atom. The summed E-state index contributed by atoms with van der Waals surface area (Å²) < 4.78 is 10.9. The third-order valence-electron chi connectivity index (χ3n) is 3.13. The molecule has 0 aromatic carbocycles. The molecule has 2 fully saturated rings. The largest absolute Gasteiger partial charge is 0.366 e. The van der Waals surface area contributed by atoms with Gasteiger partial charge in [0.05, 0.1) is 11.9 Å². The van der Waals surface area contributed by atoms with Crippen molar-refractivity contribution in [2.24, 2.45) is 0 Å². The molecule has 1 aromatic rings. The number of aromatic nitrogens is 2. The van der Waals surface area contributed by atoms with Crippen molar-refractivity contribution in [3.63, 3.8) is 0 Å². The highest BCUT2D eigenvalue weighted by Gasteiger charge is 2.26. The normalized spacial score (nSPS) is 30.4. The molecule has 0 spiro atoms. The van der Waals surface area contributed by atoms with Gasteiger partial charge < -0.3 is 14.6 Å². The van der Waals surface area contributed by atoms with Crippen molar-refractivity contribution >= 4 is 11.8 Å². The number of hydrogen-bond acceptors (Lipinski definition) is 6. The van der Waals surface area contributed by atoms with Crippen molar-refractivity contribution in [2.45, 2.75) is 30.6 Å². The number of hydrogen-bond donors (Lipinski definition) is 1. The van der Waals surface area contributed by atoms with E-state index < -0.39 is 0 Å². The minimum absolute atomic E-state index is 0.0707. The fraction of sp³-hybridized carbons (Fsp3) is 0.818. The molecule has 2 aliphatic heterocycles. The van der Waals surface area contributed by atoms with E-state index in [1.165, 1.54) is 18.6 Å². The Balaban J connectivity index is 1.68. The predicted octanol–water partition coefficient (Wildman–Crippen LogP) is 1.69. The van der Waals surface area contributed by atoms with Gasteiger partial charge in [-0.3, -0.25) is 0 Å². The van der Waals surface area contributed by atoms with Gasteiger partial charge in [0, 0.05) is 13.1 Å². The summed E-state index contributed by atoms with van der Waals surface area (Å²) in [5.74, 6) is 2.67. The standard InChI is InChI=1S/C11H17N3O2S/c1-2-6-17-9(3-1)10-13-11(16-14-10)8-7-12-4-5-15-8/h8-9,12H,1-7H2. The molecule has 3 heterocycles. The van der Waals surface area contributed by atoms with E-state index in [4.69, 9.17) is 9.26 Å². The minimum atomic E-state index is -0.0707. The summed E-state index contributed by atoms with van der Waals surface area (Å²) in [5, 5.41) is 7.78. The maximum Gasteiger partial charge on any atom is 0.257 e. The molecular weight excluding hydrogens is 238 g/mol. The first-order valence-electron chi connectivity index (χ1n) is 6.21. The van der Waals surface area contributed by atoms with E-state index in [1.54, 1.807) is 0 Å². The second-order valence-electron chi connectivity index (χ2n) is 4.41. The predicted molar refractivity (Wildman–Crippen MR) is 64.9 cm³/mol. The number of morpholine rings is 1. The van der Waals surface area contributed by atoms with Gasteiger partial charge in [-0.15, -0.1) is 0 Å². The van der Waals surface area contributed by atoms with Crippen molar-refractivity contribution in [3.05, 3.63) is 11.7 Å². The molecule has 1 N–H and O–H groups in total. The van der Waals surface area contributed by atoms with Crippen LogP contribution < -0.4 is 5.32 Å². The molecule has 5 nitrogen and oxygen atoms in total. The molecule has 2 saturated heterocycles. The highest BCUT2D eigenvalue weighted by Crippen LogP contribution is 2.37. The first-order valence-corrected chi connectivity index (χ1v) is 7.26. The van der Waals surface area contributed by atoms with E-state index in [0.717, 1.165) is 25.3 Å². The van der Waals surface area contributed by atoms with Crippen molar-refractivity contribution in [3.8, 4) is 0 Å². The monoisotopic (exact) mass is 255 g/mol. The van der Waals surface area contributed by atoms with Crippen LogP contribution in [0.5, 0.6) is 0 Å². The number of rotatable bonds is 2. The van der Waals surface area contributed by atoms with Crippen LogP contribution in [0.1, 0.15) is 42.3 Å². The van der Waals surface area contributed by atoms with Gasteiger partial charge in [-0.05, 0) is 18.6 Å². The Labute approximate surface area is 105 Å². The molecule has 0 bridgehead atoms. The maximum atomic E-state index is 5.60.